The molecule has 1 amide bonds. The molecule has 7 heteroatoms. The summed E-state index contributed by atoms with van der Waals surface area (Å²) in [6.45, 7) is 2.73. The van der Waals surface area contributed by atoms with E-state index in [0.29, 0.717) is 15.4 Å². The summed E-state index contributed by atoms with van der Waals surface area (Å²) < 4.78 is 5.01. The maximum Gasteiger partial charge on any atom is 0.341 e. The number of fused-ring (bicyclic) bond motifs is 1. The van der Waals surface area contributed by atoms with E-state index in [1.165, 1.54) is 40.2 Å². The molecule has 4 rings (SSSR count). The Balaban J connectivity index is 1.59. The van der Waals surface area contributed by atoms with Crippen molar-refractivity contribution in [3.8, 4) is 0 Å². The summed E-state index contributed by atoms with van der Waals surface area (Å²) in [5.74, 6) is -0.572. The molecule has 0 aliphatic carbocycles. The quantitative estimate of drug-likeness (QED) is 0.632. The third kappa shape index (κ3) is 3.87. The van der Waals surface area contributed by atoms with Crippen molar-refractivity contribution in [1.29, 1.82) is 0 Å². The van der Waals surface area contributed by atoms with Gasteiger partial charge >= 0.3 is 5.97 Å². The number of carbonyl (C=O) groups is 2. The normalized spacial score (nSPS) is 15.7. The van der Waals surface area contributed by atoms with Gasteiger partial charge in [-0.3, -0.25) is 4.79 Å². The predicted molar refractivity (Wildman–Crippen MR) is 111 cm³/mol. The second kappa shape index (κ2) is 8.26. The maximum atomic E-state index is 12.5. The van der Waals surface area contributed by atoms with E-state index in [9.17, 15) is 9.59 Å². The zero-order valence-corrected chi connectivity index (χ0v) is 17.1. The lowest BCUT2D eigenvalue weighted by atomic mass is 10.0. The van der Waals surface area contributed by atoms with Gasteiger partial charge in [0.25, 0.3) is 5.91 Å². The van der Waals surface area contributed by atoms with Gasteiger partial charge in [0.2, 0.25) is 0 Å². The minimum absolute atomic E-state index is 0.188. The molecule has 1 aliphatic heterocycles. The molecule has 0 fully saturated rings. The van der Waals surface area contributed by atoms with Gasteiger partial charge in [-0.1, -0.05) is 36.4 Å². The Morgan fingerprint density at radius 2 is 2.00 bits per heavy atom. The highest BCUT2D eigenvalue weighted by molar-refractivity contribution is 7.17. The van der Waals surface area contributed by atoms with Crippen LogP contribution >= 0.6 is 22.7 Å². The van der Waals surface area contributed by atoms with Crippen molar-refractivity contribution in [1.82, 2.24) is 0 Å². The Hall–Kier alpha value is -2.48. The zero-order chi connectivity index (χ0) is 19.5. The number of rotatable bonds is 5. The predicted octanol–water partition coefficient (Wildman–Crippen LogP) is 2.99. The van der Waals surface area contributed by atoms with Gasteiger partial charge in [-0.25, -0.2) is 4.79 Å². The number of benzene rings is 1. The molecule has 0 bridgehead atoms. The van der Waals surface area contributed by atoms with Gasteiger partial charge in [-0.05, 0) is 17.0 Å². The molecule has 5 nitrogen and oxygen atoms in total. The molecular formula is C21H21N2O3S2+. The largest absolute Gasteiger partial charge is 0.465 e. The Morgan fingerprint density at radius 1 is 1.18 bits per heavy atom. The van der Waals surface area contributed by atoms with Gasteiger partial charge < -0.3 is 15.0 Å². The number of anilines is 1. The van der Waals surface area contributed by atoms with Crippen LogP contribution in [-0.4, -0.2) is 25.5 Å². The third-order valence-electron chi connectivity index (χ3n) is 4.89. The number of thiophene rings is 2. The lowest BCUT2D eigenvalue weighted by molar-refractivity contribution is -0.929. The smallest absolute Gasteiger partial charge is 0.341 e. The van der Waals surface area contributed by atoms with Crippen LogP contribution in [0.4, 0.5) is 5.00 Å². The van der Waals surface area contributed by atoms with Gasteiger partial charge in [-0.15, -0.1) is 22.7 Å². The molecule has 3 heterocycles. The Morgan fingerprint density at radius 3 is 2.71 bits per heavy atom. The second-order valence-corrected chi connectivity index (χ2v) is 8.77. The first kappa shape index (κ1) is 18.9. The standard InChI is InChI=1S/C21H20N2O3S2/c1-26-21(25)18-15-9-10-23(12-14-6-3-2-4-7-14)13-17(15)28-20(18)22-19(24)16-8-5-11-27-16/h2-8,11H,9-10,12-13H2,1H3,(H,22,24)/p+1. The number of amides is 1. The van der Waals surface area contributed by atoms with E-state index < -0.39 is 0 Å². The molecule has 144 valence electrons. The number of nitrogens with one attached hydrogen (secondary N) is 2. The van der Waals surface area contributed by atoms with Crippen LogP contribution in [0.3, 0.4) is 0 Å². The van der Waals surface area contributed by atoms with Crippen molar-refractivity contribution in [2.75, 3.05) is 19.0 Å². The van der Waals surface area contributed by atoms with Gasteiger partial charge in [0.15, 0.2) is 0 Å². The van der Waals surface area contributed by atoms with Gasteiger partial charge in [0.05, 0.1) is 29.0 Å². The molecule has 2 aromatic heterocycles. The van der Waals surface area contributed by atoms with Crippen LogP contribution in [0.5, 0.6) is 0 Å². The van der Waals surface area contributed by atoms with Crippen molar-refractivity contribution in [2.45, 2.75) is 19.5 Å². The minimum Gasteiger partial charge on any atom is -0.465 e. The first-order valence-corrected chi connectivity index (χ1v) is 10.8. The molecule has 28 heavy (non-hydrogen) atoms. The summed E-state index contributed by atoms with van der Waals surface area (Å²) in [4.78, 5) is 28.2. The Labute approximate surface area is 171 Å². The Bertz CT molecular complexity index is 981. The van der Waals surface area contributed by atoms with E-state index in [2.05, 4.69) is 29.6 Å². The molecule has 1 aromatic carbocycles. The van der Waals surface area contributed by atoms with Crippen LogP contribution in [0, 0.1) is 0 Å². The molecule has 1 unspecified atom stereocenters. The molecule has 1 atom stereocenters. The fourth-order valence-electron chi connectivity index (χ4n) is 3.55. The monoisotopic (exact) mass is 413 g/mol. The van der Waals surface area contributed by atoms with Gasteiger partial charge in [0.1, 0.15) is 18.1 Å². The maximum absolute atomic E-state index is 12.5. The second-order valence-electron chi connectivity index (χ2n) is 6.72. The van der Waals surface area contributed by atoms with Crippen LogP contribution in [0.1, 0.15) is 36.0 Å². The minimum atomic E-state index is -0.384. The number of carbonyl (C=O) groups excluding carboxylic acids is 2. The van der Waals surface area contributed by atoms with Crippen LogP contribution in [-0.2, 0) is 24.2 Å². The molecule has 0 saturated heterocycles. The van der Waals surface area contributed by atoms with E-state index in [0.717, 1.165) is 36.5 Å². The third-order valence-corrected chi connectivity index (χ3v) is 6.90. The highest BCUT2D eigenvalue weighted by atomic mass is 32.1. The molecular weight excluding hydrogens is 392 g/mol. The number of hydrogen-bond acceptors (Lipinski definition) is 5. The average Bonchev–Trinajstić information content (AvgIpc) is 3.36. The van der Waals surface area contributed by atoms with Crippen molar-refractivity contribution in [3.05, 3.63) is 74.3 Å². The molecule has 3 aromatic rings. The number of hydrogen-bond donors (Lipinski definition) is 2. The highest BCUT2D eigenvalue weighted by Crippen LogP contribution is 2.35. The summed E-state index contributed by atoms with van der Waals surface area (Å²) in [6, 6.07) is 14.0. The van der Waals surface area contributed by atoms with E-state index in [1.54, 1.807) is 6.07 Å². The number of methoxy groups -OCH3 is 1. The van der Waals surface area contributed by atoms with Crippen molar-refractivity contribution < 1.29 is 19.2 Å². The van der Waals surface area contributed by atoms with Crippen LogP contribution in [0.2, 0.25) is 0 Å². The molecule has 0 radical (unpaired) electrons. The first-order chi connectivity index (χ1) is 13.7. The first-order valence-electron chi connectivity index (χ1n) is 9.11. The lowest BCUT2D eigenvalue weighted by Gasteiger charge is -2.24. The molecule has 2 N–H and O–H groups in total. The van der Waals surface area contributed by atoms with E-state index in [4.69, 9.17) is 4.74 Å². The fourth-order valence-corrected chi connectivity index (χ4v) is 5.47. The van der Waals surface area contributed by atoms with Crippen molar-refractivity contribution >= 4 is 39.6 Å². The van der Waals surface area contributed by atoms with Crippen molar-refractivity contribution in [3.63, 3.8) is 0 Å². The number of ether oxygens (including phenoxy) is 1. The Kier molecular flexibility index (Phi) is 5.57. The van der Waals surface area contributed by atoms with Gasteiger partial charge in [-0.2, -0.15) is 0 Å². The topological polar surface area (TPSA) is 59.8 Å². The lowest BCUT2D eigenvalue weighted by Crippen LogP contribution is -3.10. The van der Waals surface area contributed by atoms with Crippen LogP contribution < -0.4 is 10.2 Å². The van der Waals surface area contributed by atoms with E-state index in [-0.39, 0.29) is 11.9 Å². The summed E-state index contributed by atoms with van der Waals surface area (Å²) in [5.41, 5.74) is 2.85. The van der Waals surface area contributed by atoms with Crippen LogP contribution in [0.25, 0.3) is 0 Å². The number of quaternary nitrogens is 1. The zero-order valence-electron chi connectivity index (χ0n) is 15.5. The summed E-state index contributed by atoms with van der Waals surface area (Å²) in [5, 5.41) is 5.39. The SMILES string of the molecule is COC(=O)c1c(NC(=O)c2cccs2)sc2c1CC[NH+](Cc1ccccc1)C2. The van der Waals surface area contributed by atoms with E-state index >= 15 is 0 Å². The van der Waals surface area contributed by atoms with Crippen molar-refractivity contribution in [2.24, 2.45) is 0 Å². The summed E-state index contributed by atoms with van der Waals surface area (Å²) in [6.07, 6.45) is 0.799. The highest BCUT2D eigenvalue weighted by Gasteiger charge is 2.31. The van der Waals surface area contributed by atoms with Gasteiger partial charge in [0, 0.05) is 12.0 Å². The summed E-state index contributed by atoms with van der Waals surface area (Å²) in [7, 11) is 1.38. The molecule has 1 aliphatic rings. The van der Waals surface area contributed by atoms with Crippen LogP contribution in [0.15, 0.2) is 47.8 Å². The molecule has 0 spiro atoms. The molecule has 0 saturated carbocycles. The van der Waals surface area contributed by atoms with E-state index in [1.807, 2.05) is 17.5 Å². The fraction of sp³-hybridized carbons (Fsp3) is 0.238. The average molecular weight is 414 g/mol. The number of esters is 1. The summed E-state index contributed by atoms with van der Waals surface area (Å²) >= 11 is 2.88.